The smallest absolute Gasteiger partial charge is 0.366 e. The van der Waals surface area contributed by atoms with Gasteiger partial charge in [-0.05, 0) is 18.9 Å². The summed E-state index contributed by atoms with van der Waals surface area (Å²) in [5, 5.41) is 0. The fraction of sp³-hybridized carbons (Fsp3) is 0.455. The van der Waals surface area contributed by atoms with Crippen molar-refractivity contribution in [2.45, 2.75) is 32.9 Å². The number of nitrogens with two attached hydrogens (primary N) is 1. The van der Waals surface area contributed by atoms with E-state index in [1.54, 1.807) is 13.8 Å². The lowest BCUT2D eigenvalue weighted by Gasteiger charge is -2.17. The summed E-state index contributed by atoms with van der Waals surface area (Å²) in [7, 11) is 0. The van der Waals surface area contributed by atoms with Crippen LogP contribution in [0.15, 0.2) is 6.07 Å². The minimum absolute atomic E-state index is 0.0878. The van der Waals surface area contributed by atoms with Gasteiger partial charge >= 0.3 is 6.18 Å². The first-order valence-electron chi connectivity index (χ1n) is 5.03. The molecule has 0 spiro atoms. The second kappa shape index (κ2) is 4.35. The molecular weight excluding hydrogens is 233 g/mol. The van der Waals surface area contributed by atoms with E-state index in [1.807, 2.05) is 0 Å². The largest absolute Gasteiger partial charge is 0.417 e. The second-order valence-corrected chi connectivity index (χ2v) is 4.09. The van der Waals surface area contributed by atoms with Crippen LogP contribution in [0.25, 0.3) is 0 Å². The van der Waals surface area contributed by atoms with Crippen molar-refractivity contribution in [3.8, 4) is 0 Å². The lowest BCUT2D eigenvalue weighted by Crippen LogP contribution is -2.23. The molecule has 0 saturated heterocycles. The highest BCUT2D eigenvalue weighted by Crippen LogP contribution is 2.34. The molecule has 0 saturated carbocycles. The van der Waals surface area contributed by atoms with Gasteiger partial charge in [-0.3, -0.25) is 9.78 Å². The molecule has 1 aromatic rings. The highest BCUT2D eigenvalue weighted by Gasteiger charge is 2.37. The first-order chi connectivity index (χ1) is 7.64. The van der Waals surface area contributed by atoms with Gasteiger partial charge in [0.05, 0.1) is 16.8 Å². The monoisotopic (exact) mass is 246 g/mol. The molecule has 17 heavy (non-hydrogen) atoms. The van der Waals surface area contributed by atoms with E-state index >= 15 is 0 Å². The minimum Gasteiger partial charge on any atom is -0.366 e. The summed E-state index contributed by atoms with van der Waals surface area (Å²) in [6, 6.07) is 0.839. The van der Waals surface area contributed by atoms with Gasteiger partial charge in [0.15, 0.2) is 0 Å². The van der Waals surface area contributed by atoms with Crippen LogP contribution in [0.3, 0.4) is 0 Å². The number of alkyl halides is 3. The zero-order valence-corrected chi connectivity index (χ0v) is 9.72. The molecule has 6 heteroatoms. The van der Waals surface area contributed by atoms with Crippen LogP contribution >= 0.6 is 0 Å². The van der Waals surface area contributed by atoms with Gasteiger partial charge in [0.2, 0.25) is 0 Å². The van der Waals surface area contributed by atoms with Crippen molar-refractivity contribution < 1.29 is 18.0 Å². The fourth-order valence-corrected chi connectivity index (χ4v) is 1.60. The predicted octanol–water partition coefficient (Wildman–Crippen LogP) is 2.63. The molecule has 0 radical (unpaired) electrons. The van der Waals surface area contributed by atoms with Gasteiger partial charge in [-0.25, -0.2) is 0 Å². The molecule has 0 aliphatic heterocycles. The van der Waals surface area contributed by atoms with Crippen molar-refractivity contribution >= 4 is 5.91 Å². The van der Waals surface area contributed by atoms with Gasteiger partial charge in [-0.1, -0.05) is 13.8 Å². The third kappa shape index (κ3) is 2.75. The molecule has 1 rings (SSSR count). The van der Waals surface area contributed by atoms with Crippen molar-refractivity contribution in [2.75, 3.05) is 0 Å². The molecule has 0 atom stereocenters. The van der Waals surface area contributed by atoms with E-state index in [-0.39, 0.29) is 17.3 Å². The second-order valence-electron chi connectivity index (χ2n) is 4.09. The van der Waals surface area contributed by atoms with Crippen LogP contribution < -0.4 is 5.73 Å². The Morgan fingerprint density at radius 1 is 1.41 bits per heavy atom. The van der Waals surface area contributed by atoms with Crippen molar-refractivity contribution in [3.63, 3.8) is 0 Å². The average Bonchev–Trinajstić information content (AvgIpc) is 2.14. The van der Waals surface area contributed by atoms with E-state index < -0.39 is 23.2 Å². The molecule has 0 aliphatic carbocycles. The lowest BCUT2D eigenvalue weighted by molar-refractivity contribution is -0.138. The Morgan fingerprint density at radius 3 is 2.29 bits per heavy atom. The SMILES string of the molecule is Cc1cc(C(F)(F)F)c(C(N)=O)c(C(C)C)n1. The summed E-state index contributed by atoms with van der Waals surface area (Å²) >= 11 is 0. The molecule has 0 unspecified atom stereocenters. The summed E-state index contributed by atoms with van der Waals surface area (Å²) in [4.78, 5) is 15.2. The van der Waals surface area contributed by atoms with Crippen molar-refractivity contribution in [1.82, 2.24) is 4.98 Å². The highest BCUT2D eigenvalue weighted by molar-refractivity contribution is 5.95. The molecule has 2 N–H and O–H groups in total. The van der Waals surface area contributed by atoms with Gasteiger partial charge in [0.1, 0.15) is 0 Å². The minimum atomic E-state index is -4.61. The predicted molar refractivity (Wildman–Crippen MR) is 56.6 cm³/mol. The van der Waals surface area contributed by atoms with Gasteiger partial charge < -0.3 is 5.73 Å². The van der Waals surface area contributed by atoms with Crippen LogP contribution in [0.4, 0.5) is 13.2 Å². The molecule has 94 valence electrons. The van der Waals surface area contributed by atoms with Gasteiger partial charge in [-0.2, -0.15) is 13.2 Å². The normalized spacial score (nSPS) is 11.9. The summed E-state index contributed by atoms with van der Waals surface area (Å²) in [5.74, 6) is -1.41. The van der Waals surface area contributed by atoms with Crippen molar-refractivity contribution in [3.05, 3.63) is 28.6 Å². The number of halogens is 3. The number of nitrogens with zero attached hydrogens (tertiary/aromatic N) is 1. The zero-order valence-electron chi connectivity index (χ0n) is 9.72. The molecule has 0 aliphatic rings. The van der Waals surface area contributed by atoms with Crippen LogP contribution in [0.2, 0.25) is 0 Å². The number of carbonyl (C=O) groups excluding carboxylic acids is 1. The molecule has 0 aromatic carbocycles. The van der Waals surface area contributed by atoms with E-state index in [0.29, 0.717) is 0 Å². The molecule has 3 nitrogen and oxygen atoms in total. The number of hydrogen-bond acceptors (Lipinski definition) is 2. The summed E-state index contributed by atoms with van der Waals surface area (Å²) in [6.07, 6.45) is -4.61. The number of primary amides is 1. The topological polar surface area (TPSA) is 56.0 Å². The van der Waals surface area contributed by atoms with E-state index in [2.05, 4.69) is 4.98 Å². The number of hydrogen-bond donors (Lipinski definition) is 1. The van der Waals surface area contributed by atoms with Crippen molar-refractivity contribution in [1.29, 1.82) is 0 Å². The van der Waals surface area contributed by atoms with Gasteiger partial charge in [-0.15, -0.1) is 0 Å². The van der Waals surface area contributed by atoms with E-state index in [9.17, 15) is 18.0 Å². The first kappa shape index (κ1) is 13.5. The number of pyridine rings is 1. The third-order valence-corrected chi connectivity index (χ3v) is 2.27. The highest BCUT2D eigenvalue weighted by atomic mass is 19.4. The molecular formula is C11H13F3N2O. The summed E-state index contributed by atoms with van der Waals surface area (Å²) < 4.78 is 38.4. The Hall–Kier alpha value is -1.59. The zero-order chi connectivity index (χ0) is 13.4. The number of aryl methyl sites for hydroxylation is 1. The number of aromatic nitrogens is 1. The molecule has 1 aromatic heterocycles. The maximum Gasteiger partial charge on any atom is 0.417 e. The number of rotatable bonds is 2. The summed E-state index contributed by atoms with van der Waals surface area (Å²) in [5.41, 5.74) is 3.78. The number of amides is 1. The van der Waals surface area contributed by atoms with Crippen molar-refractivity contribution in [2.24, 2.45) is 5.73 Å². The number of carbonyl (C=O) groups is 1. The van der Waals surface area contributed by atoms with Crippen LogP contribution in [0, 0.1) is 6.92 Å². The Morgan fingerprint density at radius 2 is 1.94 bits per heavy atom. The quantitative estimate of drug-likeness (QED) is 0.872. The molecule has 0 fully saturated rings. The Bertz CT molecular complexity index is 453. The van der Waals surface area contributed by atoms with E-state index in [4.69, 9.17) is 5.73 Å². The van der Waals surface area contributed by atoms with E-state index in [1.165, 1.54) is 6.92 Å². The fourth-order valence-electron chi connectivity index (χ4n) is 1.60. The van der Waals surface area contributed by atoms with Gasteiger partial charge in [0.25, 0.3) is 5.91 Å². The van der Waals surface area contributed by atoms with Crippen LogP contribution in [0.1, 0.15) is 47.1 Å². The Balaban J connectivity index is 3.64. The Labute approximate surface area is 96.8 Å². The maximum absolute atomic E-state index is 12.8. The maximum atomic E-state index is 12.8. The van der Waals surface area contributed by atoms with Crippen LogP contribution in [0.5, 0.6) is 0 Å². The van der Waals surface area contributed by atoms with E-state index in [0.717, 1.165) is 6.07 Å². The average molecular weight is 246 g/mol. The Kier molecular flexibility index (Phi) is 3.45. The van der Waals surface area contributed by atoms with Crippen LogP contribution in [-0.2, 0) is 6.18 Å². The van der Waals surface area contributed by atoms with Gasteiger partial charge in [0, 0.05) is 5.69 Å². The first-order valence-corrected chi connectivity index (χ1v) is 5.03. The standard InChI is InChI=1S/C11H13F3N2O/c1-5(2)9-8(10(15)17)7(11(12,13)14)4-6(3)16-9/h4-5H,1-3H3,(H2,15,17). The summed E-state index contributed by atoms with van der Waals surface area (Å²) in [6.45, 7) is 4.77. The lowest BCUT2D eigenvalue weighted by atomic mass is 9.97. The molecule has 0 bridgehead atoms. The van der Waals surface area contributed by atoms with Crippen LogP contribution in [-0.4, -0.2) is 10.9 Å². The molecule has 1 heterocycles. The third-order valence-electron chi connectivity index (χ3n) is 2.27. The molecule has 1 amide bonds.